The fraction of sp³-hybridized carbons (Fsp3) is 0. The lowest BCUT2D eigenvalue weighted by Gasteiger charge is -2.01. The number of rotatable bonds is 0. The standard InChI is InChI=1S/C12H7NO/c14-12-10-6-5-8-3-1-2-4-9(8)11(10)7-13-12/h1-7H. The predicted molar refractivity (Wildman–Crippen MR) is 55.9 cm³/mol. The van der Waals surface area contributed by atoms with Gasteiger partial charge >= 0.3 is 0 Å². The minimum absolute atomic E-state index is 0.134. The molecule has 0 spiro atoms. The lowest BCUT2D eigenvalue weighted by molar-refractivity contribution is 0.101. The smallest absolute Gasteiger partial charge is 0.267 e. The summed E-state index contributed by atoms with van der Waals surface area (Å²) < 4.78 is 0. The summed E-state index contributed by atoms with van der Waals surface area (Å²) in [7, 11) is 0. The molecule has 2 aromatic carbocycles. The van der Waals surface area contributed by atoms with E-state index >= 15 is 0 Å². The van der Waals surface area contributed by atoms with Gasteiger partial charge in [-0.3, -0.25) is 4.79 Å². The van der Waals surface area contributed by atoms with Crippen LogP contribution in [0.4, 0.5) is 0 Å². The van der Waals surface area contributed by atoms with E-state index < -0.39 is 0 Å². The van der Waals surface area contributed by atoms with Gasteiger partial charge in [0, 0.05) is 11.8 Å². The molecule has 0 atom stereocenters. The van der Waals surface area contributed by atoms with E-state index in [1.54, 1.807) is 6.21 Å². The normalized spacial score (nSPS) is 13.6. The summed E-state index contributed by atoms with van der Waals surface area (Å²) in [5.74, 6) is -0.134. The van der Waals surface area contributed by atoms with Crippen LogP contribution in [0.5, 0.6) is 0 Å². The fourth-order valence-corrected chi connectivity index (χ4v) is 1.81. The predicted octanol–water partition coefficient (Wildman–Crippen LogP) is 2.41. The summed E-state index contributed by atoms with van der Waals surface area (Å²) in [6.45, 7) is 0. The van der Waals surface area contributed by atoms with Crippen LogP contribution in [0.15, 0.2) is 41.4 Å². The third kappa shape index (κ3) is 0.852. The number of carbonyl (C=O) groups excluding carboxylic acids is 1. The molecule has 0 unspecified atom stereocenters. The summed E-state index contributed by atoms with van der Waals surface area (Å²) in [5, 5.41) is 2.24. The van der Waals surface area contributed by atoms with E-state index in [4.69, 9.17) is 0 Å². The summed E-state index contributed by atoms with van der Waals surface area (Å²) >= 11 is 0. The number of nitrogens with zero attached hydrogens (tertiary/aromatic N) is 1. The molecular formula is C12H7NO. The maximum absolute atomic E-state index is 11.3. The molecule has 0 aliphatic carbocycles. The number of hydrogen-bond donors (Lipinski definition) is 0. The van der Waals surface area contributed by atoms with Gasteiger partial charge in [0.2, 0.25) is 0 Å². The van der Waals surface area contributed by atoms with Crippen LogP contribution in [0.2, 0.25) is 0 Å². The Kier molecular flexibility index (Phi) is 1.34. The van der Waals surface area contributed by atoms with Gasteiger partial charge < -0.3 is 0 Å². The Labute approximate surface area is 80.9 Å². The summed E-state index contributed by atoms with van der Waals surface area (Å²) in [5.41, 5.74) is 1.66. The van der Waals surface area contributed by atoms with E-state index in [2.05, 4.69) is 4.99 Å². The third-order valence-electron chi connectivity index (χ3n) is 2.51. The molecule has 14 heavy (non-hydrogen) atoms. The molecule has 0 saturated carbocycles. The molecule has 0 N–H and O–H groups in total. The van der Waals surface area contributed by atoms with Crippen molar-refractivity contribution < 1.29 is 4.79 Å². The number of hydrogen-bond acceptors (Lipinski definition) is 1. The molecule has 2 nitrogen and oxygen atoms in total. The monoisotopic (exact) mass is 181 g/mol. The van der Waals surface area contributed by atoms with Crippen molar-refractivity contribution in [2.45, 2.75) is 0 Å². The third-order valence-corrected chi connectivity index (χ3v) is 2.51. The van der Waals surface area contributed by atoms with Crippen molar-refractivity contribution in [3.05, 3.63) is 47.5 Å². The maximum Gasteiger partial charge on any atom is 0.277 e. The second-order valence-corrected chi connectivity index (χ2v) is 3.31. The van der Waals surface area contributed by atoms with Crippen LogP contribution in [-0.4, -0.2) is 12.1 Å². The first-order valence-corrected chi connectivity index (χ1v) is 4.46. The number of fused-ring (bicyclic) bond motifs is 3. The van der Waals surface area contributed by atoms with E-state index in [9.17, 15) is 4.79 Å². The molecule has 0 bridgehead atoms. The van der Waals surface area contributed by atoms with Gasteiger partial charge in [-0.1, -0.05) is 30.3 Å². The average molecular weight is 181 g/mol. The molecule has 1 aliphatic heterocycles. The number of carbonyl (C=O) groups is 1. The second kappa shape index (κ2) is 2.51. The molecule has 66 valence electrons. The van der Waals surface area contributed by atoms with Gasteiger partial charge in [0.15, 0.2) is 0 Å². The highest BCUT2D eigenvalue weighted by Gasteiger charge is 2.16. The van der Waals surface area contributed by atoms with Crippen molar-refractivity contribution in [3.8, 4) is 0 Å². The largest absolute Gasteiger partial charge is 0.277 e. The van der Waals surface area contributed by atoms with Gasteiger partial charge in [0.1, 0.15) is 0 Å². The van der Waals surface area contributed by atoms with E-state index in [1.165, 1.54) is 0 Å². The lowest BCUT2D eigenvalue weighted by atomic mass is 10.0. The lowest BCUT2D eigenvalue weighted by Crippen LogP contribution is -1.91. The topological polar surface area (TPSA) is 29.4 Å². The Hall–Kier alpha value is -1.96. The van der Waals surface area contributed by atoms with Crippen molar-refractivity contribution in [3.63, 3.8) is 0 Å². The molecule has 1 amide bonds. The van der Waals surface area contributed by atoms with Gasteiger partial charge in [0.05, 0.1) is 5.56 Å². The zero-order valence-electron chi connectivity index (χ0n) is 7.40. The minimum atomic E-state index is -0.134. The molecule has 1 heterocycles. The van der Waals surface area contributed by atoms with Crippen LogP contribution in [0.3, 0.4) is 0 Å². The van der Waals surface area contributed by atoms with Crippen molar-refractivity contribution >= 4 is 22.9 Å². The zero-order chi connectivity index (χ0) is 9.54. The minimum Gasteiger partial charge on any atom is -0.267 e. The van der Waals surface area contributed by atoms with E-state index in [-0.39, 0.29) is 5.91 Å². The first-order valence-electron chi connectivity index (χ1n) is 4.46. The molecule has 2 aromatic rings. The molecule has 2 heteroatoms. The van der Waals surface area contributed by atoms with Gasteiger partial charge in [0.25, 0.3) is 5.91 Å². The molecule has 3 rings (SSSR count). The highest BCUT2D eigenvalue weighted by atomic mass is 16.1. The van der Waals surface area contributed by atoms with Crippen LogP contribution in [0.1, 0.15) is 15.9 Å². The molecule has 1 aliphatic rings. The van der Waals surface area contributed by atoms with Gasteiger partial charge in [-0.2, -0.15) is 0 Å². The van der Waals surface area contributed by atoms with Crippen LogP contribution in [0.25, 0.3) is 10.8 Å². The molecule has 0 aromatic heterocycles. The molecule has 0 saturated heterocycles. The van der Waals surface area contributed by atoms with Crippen LogP contribution < -0.4 is 0 Å². The average Bonchev–Trinajstić information content (AvgIpc) is 2.61. The Morgan fingerprint density at radius 1 is 1.00 bits per heavy atom. The van der Waals surface area contributed by atoms with Gasteiger partial charge in [-0.15, -0.1) is 0 Å². The highest BCUT2D eigenvalue weighted by molar-refractivity contribution is 6.18. The van der Waals surface area contributed by atoms with Gasteiger partial charge in [-0.25, -0.2) is 4.99 Å². The summed E-state index contributed by atoms with van der Waals surface area (Å²) in [6, 6.07) is 11.8. The Morgan fingerprint density at radius 2 is 1.86 bits per heavy atom. The fourth-order valence-electron chi connectivity index (χ4n) is 1.81. The molecule has 0 radical (unpaired) electrons. The summed E-state index contributed by atoms with van der Waals surface area (Å²) in [4.78, 5) is 15.1. The Bertz CT molecular complexity index is 570. The summed E-state index contributed by atoms with van der Waals surface area (Å²) in [6.07, 6.45) is 1.65. The van der Waals surface area contributed by atoms with E-state index in [0.29, 0.717) is 5.56 Å². The molecule has 0 fully saturated rings. The van der Waals surface area contributed by atoms with Crippen molar-refractivity contribution in [1.82, 2.24) is 0 Å². The van der Waals surface area contributed by atoms with Crippen molar-refractivity contribution in [2.24, 2.45) is 4.99 Å². The van der Waals surface area contributed by atoms with E-state index in [1.807, 2.05) is 36.4 Å². The second-order valence-electron chi connectivity index (χ2n) is 3.31. The number of benzene rings is 2. The Morgan fingerprint density at radius 3 is 2.79 bits per heavy atom. The van der Waals surface area contributed by atoms with Crippen molar-refractivity contribution in [1.29, 1.82) is 0 Å². The van der Waals surface area contributed by atoms with Crippen molar-refractivity contribution in [2.75, 3.05) is 0 Å². The van der Waals surface area contributed by atoms with E-state index in [0.717, 1.165) is 16.3 Å². The first-order chi connectivity index (χ1) is 6.86. The van der Waals surface area contributed by atoms with Crippen LogP contribution >= 0.6 is 0 Å². The van der Waals surface area contributed by atoms with Crippen LogP contribution in [-0.2, 0) is 0 Å². The number of aliphatic imine (C=N–C) groups is 1. The quantitative estimate of drug-likeness (QED) is 0.613. The SMILES string of the molecule is O=C1N=Cc2c1ccc1ccccc21. The molecular weight excluding hydrogens is 174 g/mol. The van der Waals surface area contributed by atoms with Crippen LogP contribution in [0, 0.1) is 0 Å². The number of amides is 1. The maximum atomic E-state index is 11.3. The highest BCUT2D eigenvalue weighted by Crippen LogP contribution is 2.24. The van der Waals surface area contributed by atoms with Gasteiger partial charge in [-0.05, 0) is 16.8 Å². The zero-order valence-corrected chi connectivity index (χ0v) is 7.40. The Balaban J connectivity index is 2.49. The first kappa shape index (κ1) is 7.44.